The quantitative estimate of drug-likeness (QED) is 0.877. The Kier molecular flexibility index (Phi) is 7.42. The van der Waals surface area contributed by atoms with E-state index in [2.05, 4.69) is 29.4 Å². The number of amides is 1. The van der Waals surface area contributed by atoms with Gasteiger partial charge in [-0.1, -0.05) is 11.6 Å². The highest BCUT2D eigenvalue weighted by Gasteiger charge is 2.22. The van der Waals surface area contributed by atoms with Crippen LogP contribution in [0, 0.1) is 0 Å². The molecule has 1 amide bonds. The molecule has 1 fully saturated rings. The van der Waals surface area contributed by atoms with Crippen LogP contribution in [0.4, 0.5) is 5.69 Å². The van der Waals surface area contributed by atoms with Gasteiger partial charge < -0.3 is 15.4 Å². The number of benzene rings is 1. The third kappa shape index (κ3) is 5.32. The lowest BCUT2D eigenvalue weighted by molar-refractivity contribution is -0.117. The van der Waals surface area contributed by atoms with Crippen LogP contribution in [0.1, 0.15) is 13.8 Å². The molecule has 124 valence electrons. The summed E-state index contributed by atoms with van der Waals surface area (Å²) >= 11 is 5.96. The second-order valence-electron chi connectivity index (χ2n) is 5.56. The van der Waals surface area contributed by atoms with Crippen molar-refractivity contribution in [2.45, 2.75) is 25.9 Å². The van der Waals surface area contributed by atoms with Crippen molar-refractivity contribution in [3.8, 4) is 5.75 Å². The highest BCUT2D eigenvalue weighted by molar-refractivity contribution is 6.31. The summed E-state index contributed by atoms with van der Waals surface area (Å²) < 4.78 is 5.23. The number of nitrogens with one attached hydrogen (secondary N) is 2. The van der Waals surface area contributed by atoms with Crippen LogP contribution in [-0.4, -0.2) is 49.6 Å². The molecule has 2 N–H and O–H groups in total. The molecule has 2 atom stereocenters. The number of nitrogens with zero attached hydrogens (tertiary/aromatic N) is 1. The molecule has 2 rings (SSSR count). The van der Waals surface area contributed by atoms with Crippen LogP contribution in [0.3, 0.4) is 0 Å². The summed E-state index contributed by atoms with van der Waals surface area (Å²) in [4.78, 5) is 14.4. The number of methoxy groups -OCH3 is 1. The highest BCUT2D eigenvalue weighted by Crippen LogP contribution is 2.27. The number of hydrogen-bond acceptors (Lipinski definition) is 4. The monoisotopic (exact) mass is 347 g/mol. The van der Waals surface area contributed by atoms with Gasteiger partial charge in [0.2, 0.25) is 5.91 Å². The standard InChI is InChI=1S/C15H22ClN3O2.ClH/c1-10-7-19(8-11(2)17-10)9-15(20)18-13-6-12(16)4-5-14(13)21-3;/h4-6,10-11,17H,7-9H2,1-3H3,(H,18,20);1H. The van der Waals surface area contributed by atoms with Crippen LogP contribution in [0.25, 0.3) is 0 Å². The molecule has 0 radical (unpaired) electrons. The van der Waals surface area contributed by atoms with Gasteiger partial charge in [0.25, 0.3) is 0 Å². The van der Waals surface area contributed by atoms with Crippen molar-refractivity contribution in [2.24, 2.45) is 0 Å². The number of carbonyl (C=O) groups is 1. The number of ether oxygens (including phenoxy) is 1. The molecule has 0 aromatic heterocycles. The van der Waals surface area contributed by atoms with E-state index in [0.717, 1.165) is 13.1 Å². The van der Waals surface area contributed by atoms with Gasteiger partial charge in [-0.2, -0.15) is 0 Å². The molecule has 1 aromatic rings. The first kappa shape index (κ1) is 19.0. The number of carbonyl (C=O) groups excluding carboxylic acids is 1. The van der Waals surface area contributed by atoms with Crippen molar-refractivity contribution in [3.63, 3.8) is 0 Å². The van der Waals surface area contributed by atoms with Gasteiger partial charge in [0.05, 0.1) is 19.3 Å². The minimum absolute atomic E-state index is 0. The van der Waals surface area contributed by atoms with Crippen LogP contribution in [-0.2, 0) is 4.79 Å². The van der Waals surface area contributed by atoms with Crippen molar-refractivity contribution < 1.29 is 9.53 Å². The smallest absolute Gasteiger partial charge is 0.238 e. The largest absolute Gasteiger partial charge is 0.495 e. The first-order chi connectivity index (χ1) is 9.97. The fourth-order valence-corrected chi connectivity index (χ4v) is 2.91. The van der Waals surface area contributed by atoms with Crippen molar-refractivity contribution in [1.82, 2.24) is 10.2 Å². The summed E-state index contributed by atoms with van der Waals surface area (Å²) in [5.74, 6) is 0.548. The average molecular weight is 348 g/mol. The van der Waals surface area contributed by atoms with E-state index in [1.165, 1.54) is 0 Å². The lowest BCUT2D eigenvalue weighted by Crippen LogP contribution is -2.55. The van der Waals surface area contributed by atoms with Crippen LogP contribution in [0.2, 0.25) is 5.02 Å². The molecule has 0 saturated carbocycles. The number of anilines is 1. The fourth-order valence-electron chi connectivity index (χ4n) is 2.74. The van der Waals surface area contributed by atoms with Crippen LogP contribution < -0.4 is 15.4 Å². The van der Waals surface area contributed by atoms with E-state index in [-0.39, 0.29) is 18.3 Å². The first-order valence-electron chi connectivity index (χ1n) is 7.09. The van der Waals surface area contributed by atoms with Crippen molar-refractivity contribution in [2.75, 3.05) is 32.1 Å². The summed E-state index contributed by atoms with van der Waals surface area (Å²) in [6, 6.07) is 5.95. The molecular formula is C15H23Cl2N3O2. The molecule has 5 nitrogen and oxygen atoms in total. The Morgan fingerprint density at radius 2 is 2.05 bits per heavy atom. The molecule has 1 aromatic carbocycles. The maximum absolute atomic E-state index is 12.2. The Labute approximate surface area is 142 Å². The van der Waals surface area contributed by atoms with Gasteiger partial charge >= 0.3 is 0 Å². The van der Waals surface area contributed by atoms with Gasteiger partial charge in [0.1, 0.15) is 5.75 Å². The minimum Gasteiger partial charge on any atom is -0.495 e. The highest BCUT2D eigenvalue weighted by atomic mass is 35.5. The van der Waals surface area contributed by atoms with Crippen LogP contribution >= 0.6 is 24.0 Å². The van der Waals surface area contributed by atoms with Crippen LogP contribution in [0.15, 0.2) is 18.2 Å². The van der Waals surface area contributed by atoms with E-state index in [1.807, 2.05) is 0 Å². The maximum Gasteiger partial charge on any atom is 0.238 e. The predicted molar refractivity (Wildman–Crippen MR) is 92.4 cm³/mol. The van der Waals surface area contributed by atoms with E-state index in [9.17, 15) is 4.79 Å². The molecule has 1 heterocycles. The van der Waals surface area contributed by atoms with Gasteiger partial charge in [-0.15, -0.1) is 12.4 Å². The molecule has 1 saturated heterocycles. The molecule has 1 aliphatic rings. The zero-order valence-electron chi connectivity index (χ0n) is 13.1. The minimum atomic E-state index is -0.0585. The summed E-state index contributed by atoms with van der Waals surface area (Å²) in [5.41, 5.74) is 0.603. The third-order valence-corrected chi connectivity index (χ3v) is 3.67. The molecule has 0 bridgehead atoms. The first-order valence-corrected chi connectivity index (χ1v) is 7.47. The Balaban J connectivity index is 0.00000242. The summed E-state index contributed by atoms with van der Waals surface area (Å²) in [5, 5.41) is 6.88. The summed E-state index contributed by atoms with van der Waals surface area (Å²) in [6.07, 6.45) is 0. The number of rotatable bonds is 4. The lowest BCUT2D eigenvalue weighted by atomic mass is 10.1. The predicted octanol–water partition coefficient (Wildman–Crippen LogP) is 2.39. The summed E-state index contributed by atoms with van der Waals surface area (Å²) in [7, 11) is 1.57. The van der Waals surface area contributed by atoms with E-state index in [1.54, 1.807) is 25.3 Å². The Bertz CT molecular complexity index is 504. The lowest BCUT2D eigenvalue weighted by Gasteiger charge is -2.35. The average Bonchev–Trinajstić information content (AvgIpc) is 2.37. The molecular weight excluding hydrogens is 325 g/mol. The van der Waals surface area contributed by atoms with Crippen LogP contribution in [0.5, 0.6) is 5.75 Å². The summed E-state index contributed by atoms with van der Waals surface area (Å²) in [6.45, 7) is 6.35. The maximum atomic E-state index is 12.2. The second-order valence-corrected chi connectivity index (χ2v) is 5.99. The van der Waals surface area contributed by atoms with Crippen molar-refractivity contribution in [1.29, 1.82) is 0 Å². The molecule has 0 spiro atoms. The molecule has 7 heteroatoms. The number of hydrogen-bond donors (Lipinski definition) is 2. The number of piperazine rings is 1. The Morgan fingerprint density at radius 1 is 1.41 bits per heavy atom. The van der Waals surface area contributed by atoms with E-state index in [4.69, 9.17) is 16.3 Å². The van der Waals surface area contributed by atoms with Gasteiger partial charge in [0, 0.05) is 30.2 Å². The van der Waals surface area contributed by atoms with Crippen molar-refractivity contribution in [3.05, 3.63) is 23.2 Å². The van der Waals surface area contributed by atoms with Gasteiger partial charge in [-0.3, -0.25) is 9.69 Å². The van der Waals surface area contributed by atoms with E-state index in [0.29, 0.717) is 35.1 Å². The zero-order valence-corrected chi connectivity index (χ0v) is 14.6. The van der Waals surface area contributed by atoms with Crippen molar-refractivity contribution >= 4 is 35.6 Å². The van der Waals surface area contributed by atoms with E-state index < -0.39 is 0 Å². The Hall–Kier alpha value is -1.01. The molecule has 2 unspecified atom stereocenters. The normalized spacial score (nSPS) is 21.8. The fraction of sp³-hybridized carbons (Fsp3) is 0.533. The molecule has 1 aliphatic heterocycles. The third-order valence-electron chi connectivity index (χ3n) is 3.44. The van der Waals surface area contributed by atoms with E-state index >= 15 is 0 Å². The number of halogens is 2. The zero-order chi connectivity index (χ0) is 15.4. The molecule has 22 heavy (non-hydrogen) atoms. The van der Waals surface area contributed by atoms with Gasteiger partial charge in [-0.05, 0) is 32.0 Å². The molecule has 0 aliphatic carbocycles. The SMILES string of the molecule is COc1ccc(Cl)cc1NC(=O)CN1CC(C)NC(C)C1.Cl. The topological polar surface area (TPSA) is 53.6 Å². The van der Waals surface area contributed by atoms with Gasteiger partial charge in [-0.25, -0.2) is 0 Å². The second kappa shape index (κ2) is 8.58. The Morgan fingerprint density at radius 3 is 2.64 bits per heavy atom. The van der Waals surface area contributed by atoms with Gasteiger partial charge in [0.15, 0.2) is 0 Å².